The van der Waals surface area contributed by atoms with Crippen molar-refractivity contribution in [3.05, 3.63) is 95.1 Å². The first-order valence-corrected chi connectivity index (χ1v) is 8.05. The molecule has 5 nitrogen and oxygen atoms in total. The molecule has 0 radical (unpaired) electrons. The molecule has 0 spiro atoms. The van der Waals surface area contributed by atoms with Crippen molar-refractivity contribution in [2.45, 2.75) is 0 Å². The van der Waals surface area contributed by atoms with Crippen LogP contribution >= 0.6 is 0 Å². The monoisotopic (exact) mass is 342 g/mol. The number of carbonyl (C=O) groups excluding carboxylic acids is 1. The Kier molecular flexibility index (Phi) is 4.03. The second kappa shape index (κ2) is 6.64. The molecule has 0 saturated carbocycles. The van der Waals surface area contributed by atoms with Gasteiger partial charge in [-0.25, -0.2) is 4.79 Å². The fourth-order valence-corrected chi connectivity index (χ4v) is 2.73. The number of benzene rings is 2. The number of para-hydroxylation sites is 1. The normalized spacial score (nSPS) is 10.6. The van der Waals surface area contributed by atoms with Crippen molar-refractivity contribution in [1.82, 2.24) is 4.98 Å². The SMILES string of the molecule is O=C(Nc1cccc(-c2cc3ccccc3oc2=O)c1)c1cccnc1. The van der Waals surface area contributed by atoms with Crippen molar-refractivity contribution in [3.63, 3.8) is 0 Å². The number of rotatable bonds is 3. The second-order valence-electron chi connectivity index (χ2n) is 5.76. The summed E-state index contributed by atoms with van der Waals surface area (Å²) in [5.41, 5.74) is 2.29. The first-order valence-electron chi connectivity index (χ1n) is 8.05. The van der Waals surface area contributed by atoms with Gasteiger partial charge in [-0.1, -0.05) is 30.3 Å². The Bertz CT molecular complexity index is 1150. The van der Waals surface area contributed by atoms with E-state index in [1.165, 1.54) is 6.20 Å². The second-order valence-corrected chi connectivity index (χ2v) is 5.76. The third kappa shape index (κ3) is 3.10. The van der Waals surface area contributed by atoms with E-state index in [0.717, 1.165) is 5.39 Å². The van der Waals surface area contributed by atoms with Crippen molar-refractivity contribution in [1.29, 1.82) is 0 Å². The van der Waals surface area contributed by atoms with E-state index in [9.17, 15) is 9.59 Å². The van der Waals surface area contributed by atoms with Gasteiger partial charge in [0.1, 0.15) is 5.58 Å². The van der Waals surface area contributed by atoms with E-state index in [1.54, 1.807) is 54.7 Å². The number of nitrogens with zero attached hydrogens (tertiary/aromatic N) is 1. The molecule has 0 bridgehead atoms. The lowest BCUT2D eigenvalue weighted by molar-refractivity contribution is 0.102. The number of nitrogens with one attached hydrogen (secondary N) is 1. The highest BCUT2D eigenvalue weighted by atomic mass is 16.4. The molecule has 2 aromatic carbocycles. The number of amides is 1. The predicted molar refractivity (Wildman–Crippen MR) is 100 cm³/mol. The van der Waals surface area contributed by atoms with E-state index in [4.69, 9.17) is 4.42 Å². The number of fused-ring (bicyclic) bond motifs is 1. The van der Waals surface area contributed by atoms with E-state index >= 15 is 0 Å². The van der Waals surface area contributed by atoms with E-state index in [-0.39, 0.29) is 5.91 Å². The average molecular weight is 342 g/mol. The van der Waals surface area contributed by atoms with Crippen LogP contribution in [0.15, 0.2) is 88.3 Å². The maximum absolute atomic E-state index is 12.3. The number of aromatic nitrogens is 1. The highest BCUT2D eigenvalue weighted by molar-refractivity contribution is 6.04. The van der Waals surface area contributed by atoms with Crippen molar-refractivity contribution < 1.29 is 9.21 Å². The van der Waals surface area contributed by atoms with Gasteiger partial charge >= 0.3 is 5.63 Å². The Balaban J connectivity index is 1.69. The van der Waals surface area contributed by atoms with E-state index in [2.05, 4.69) is 10.3 Å². The number of anilines is 1. The Morgan fingerprint density at radius 3 is 2.69 bits per heavy atom. The molecule has 0 atom stereocenters. The topological polar surface area (TPSA) is 72.2 Å². The smallest absolute Gasteiger partial charge is 0.344 e. The molecule has 0 aliphatic carbocycles. The minimum absolute atomic E-state index is 0.263. The molecule has 1 amide bonds. The molecule has 5 heteroatoms. The summed E-state index contributed by atoms with van der Waals surface area (Å²) in [6.45, 7) is 0. The van der Waals surface area contributed by atoms with Crippen LogP contribution in [0.5, 0.6) is 0 Å². The number of pyridine rings is 1. The Hall–Kier alpha value is -3.73. The van der Waals surface area contributed by atoms with E-state index in [1.807, 2.05) is 18.2 Å². The van der Waals surface area contributed by atoms with Crippen LogP contribution in [-0.4, -0.2) is 10.9 Å². The Labute approximate surface area is 148 Å². The highest BCUT2D eigenvalue weighted by Gasteiger charge is 2.10. The van der Waals surface area contributed by atoms with Gasteiger partial charge in [-0.2, -0.15) is 0 Å². The van der Waals surface area contributed by atoms with Crippen LogP contribution in [0.4, 0.5) is 5.69 Å². The quantitative estimate of drug-likeness (QED) is 0.569. The zero-order chi connectivity index (χ0) is 17.9. The minimum Gasteiger partial charge on any atom is -0.422 e. The minimum atomic E-state index is -0.417. The zero-order valence-corrected chi connectivity index (χ0v) is 13.7. The molecule has 4 rings (SSSR count). The summed E-state index contributed by atoms with van der Waals surface area (Å²) in [7, 11) is 0. The predicted octanol–water partition coefficient (Wildman–Crippen LogP) is 4.11. The van der Waals surface area contributed by atoms with Crippen LogP contribution in [0.25, 0.3) is 22.1 Å². The molecular weight excluding hydrogens is 328 g/mol. The summed E-state index contributed by atoms with van der Waals surface area (Å²) >= 11 is 0. The molecule has 4 aromatic rings. The molecule has 2 heterocycles. The summed E-state index contributed by atoms with van der Waals surface area (Å²) in [5.74, 6) is -0.263. The van der Waals surface area contributed by atoms with Gasteiger partial charge in [0.05, 0.1) is 11.1 Å². The first kappa shape index (κ1) is 15.8. The molecule has 26 heavy (non-hydrogen) atoms. The van der Waals surface area contributed by atoms with Crippen LogP contribution < -0.4 is 10.9 Å². The van der Waals surface area contributed by atoms with Gasteiger partial charge in [-0.05, 0) is 42.0 Å². The third-order valence-corrected chi connectivity index (χ3v) is 4.00. The largest absolute Gasteiger partial charge is 0.422 e. The van der Waals surface area contributed by atoms with Crippen LogP contribution in [0.1, 0.15) is 10.4 Å². The fourth-order valence-electron chi connectivity index (χ4n) is 2.73. The summed E-state index contributed by atoms with van der Waals surface area (Å²) in [4.78, 5) is 28.5. The van der Waals surface area contributed by atoms with Crippen molar-refractivity contribution in [2.24, 2.45) is 0 Å². The van der Waals surface area contributed by atoms with Gasteiger partial charge in [0, 0.05) is 23.5 Å². The number of hydrogen-bond acceptors (Lipinski definition) is 4. The zero-order valence-electron chi connectivity index (χ0n) is 13.7. The van der Waals surface area contributed by atoms with Crippen molar-refractivity contribution >= 4 is 22.6 Å². The summed E-state index contributed by atoms with van der Waals surface area (Å²) in [6.07, 6.45) is 3.10. The Morgan fingerprint density at radius 2 is 1.85 bits per heavy atom. The lowest BCUT2D eigenvalue weighted by Gasteiger charge is -2.07. The molecule has 0 saturated heterocycles. The van der Waals surface area contributed by atoms with Crippen LogP contribution in [0.2, 0.25) is 0 Å². The lowest BCUT2D eigenvalue weighted by atomic mass is 10.1. The maximum atomic E-state index is 12.3. The standard InChI is InChI=1S/C21H14N2O3/c24-20(16-7-4-10-22-13-16)23-17-8-3-6-14(11-17)18-12-15-5-1-2-9-19(15)26-21(18)25/h1-13H,(H,23,24). The fraction of sp³-hybridized carbons (Fsp3) is 0. The van der Waals surface area contributed by atoms with Crippen LogP contribution in [-0.2, 0) is 0 Å². The number of hydrogen-bond donors (Lipinski definition) is 1. The van der Waals surface area contributed by atoms with E-state index < -0.39 is 5.63 Å². The molecule has 126 valence electrons. The molecule has 0 aliphatic rings. The summed E-state index contributed by atoms with van der Waals surface area (Å²) in [6, 6.07) is 19.6. The lowest BCUT2D eigenvalue weighted by Crippen LogP contribution is -2.12. The molecule has 0 unspecified atom stereocenters. The molecule has 0 aliphatic heterocycles. The van der Waals surface area contributed by atoms with Gasteiger partial charge in [0.15, 0.2) is 0 Å². The van der Waals surface area contributed by atoms with Gasteiger partial charge in [-0.3, -0.25) is 9.78 Å². The van der Waals surface area contributed by atoms with Crippen molar-refractivity contribution in [3.8, 4) is 11.1 Å². The summed E-state index contributed by atoms with van der Waals surface area (Å²) in [5, 5.41) is 3.65. The average Bonchev–Trinajstić information content (AvgIpc) is 2.68. The van der Waals surface area contributed by atoms with Gasteiger partial charge < -0.3 is 9.73 Å². The van der Waals surface area contributed by atoms with Crippen LogP contribution in [0, 0.1) is 0 Å². The highest BCUT2D eigenvalue weighted by Crippen LogP contribution is 2.23. The van der Waals surface area contributed by atoms with Gasteiger partial charge in [-0.15, -0.1) is 0 Å². The summed E-state index contributed by atoms with van der Waals surface area (Å²) < 4.78 is 5.39. The maximum Gasteiger partial charge on any atom is 0.344 e. The Morgan fingerprint density at radius 1 is 0.962 bits per heavy atom. The first-order chi connectivity index (χ1) is 12.7. The van der Waals surface area contributed by atoms with Gasteiger partial charge in [0.25, 0.3) is 5.91 Å². The molecule has 1 N–H and O–H groups in total. The third-order valence-electron chi connectivity index (χ3n) is 4.00. The molecule has 0 fully saturated rings. The molecule has 2 aromatic heterocycles. The van der Waals surface area contributed by atoms with Crippen LogP contribution in [0.3, 0.4) is 0 Å². The van der Waals surface area contributed by atoms with Crippen molar-refractivity contribution in [2.75, 3.05) is 5.32 Å². The number of carbonyl (C=O) groups is 1. The molecular formula is C21H14N2O3. The van der Waals surface area contributed by atoms with Gasteiger partial charge in [0.2, 0.25) is 0 Å². The van der Waals surface area contributed by atoms with E-state index in [0.29, 0.717) is 28.0 Å².